The van der Waals surface area contributed by atoms with Crippen molar-refractivity contribution < 1.29 is 9.47 Å². The Labute approximate surface area is 79.2 Å². The first-order valence-corrected chi connectivity index (χ1v) is 4.37. The van der Waals surface area contributed by atoms with Gasteiger partial charge in [0.15, 0.2) is 0 Å². The maximum atomic E-state index is 5.26. The quantitative estimate of drug-likeness (QED) is 0.696. The van der Waals surface area contributed by atoms with Gasteiger partial charge >= 0.3 is 0 Å². The molecule has 4 heteroatoms. The molecule has 0 aromatic heterocycles. The fourth-order valence-electron chi connectivity index (χ4n) is 1.53. The van der Waals surface area contributed by atoms with E-state index in [2.05, 4.69) is 5.32 Å². The van der Waals surface area contributed by atoms with Gasteiger partial charge in [0.1, 0.15) is 0 Å². The molecule has 1 N–H and O–H groups in total. The minimum Gasteiger partial charge on any atom is -0.381 e. The van der Waals surface area contributed by atoms with Crippen molar-refractivity contribution in [3.63, 3.8) is 0 Å². The van der Waals surface area contributed by atoms with Crippen molar-refractivity contribution in [2.75, 3.05) is 26.4 Å². The molecule has 72 valence electrons. The van der Waals surface area contributed by atoms with Crippen LogP contribution < -0.4 is 5.32 Å². The van der Waals surface area contributed by atoms with E-state index >= 15 is 0 Å². The Morgan fingerprint density at radius 3 is 2.08 bits per heavy atom. The highest BCUT2D eigenvalue weighted by Crippen LogP contribution is 2.09. The van der Waals surface area contributed by atoms with Crippen molar-refractivity contribution >= 4 is 12.4 Å². The molecule has 2 fully saturated rings. The summed E-state index contributed by atoms with van der Waals surface area (Å²) in [6.45, 7) is 3.64. The maximum absolute atomic E-state index is 5.26. The van der Waals surface area contributed by atoms with Crippen molar-refractivity contribution in [1.82, 2.24) is 5.32 Å². The van der Waals surface area contributed by atoms with Crippen LogP contribution >= 0.6 is 12.4 Å². The second-order valence-electron chi connectivity index (χ2n) is 3.29. The van der Waals surface area contributed by atoms with Gasteiger partial charge in [-0.05, 0) is 12.8 Å². The van der Waals surface area contributed by atoms with Crippen LogP contribution in [0.3, 0.4) is 0 Å². The predicted octanol–water partition coefficient (Wildman–Crippen LogP) is 0.576. The standard InChI is InChI=1S/C8H15NO2.ClH/c1-3-10-4-2-7(1)9-8-5-11-6-8;/h7-9H,1-6H2;1H. The number of ether oxygens (including phenoxy) is 2. The van der Waals surface area contributed by atoms with Crippen molar-refractivity contribution in [3.8, 4) is 0 Å². The fraction of sp³-hybridized carbons (Fsp3) is 1.00. The third kappa shape index (κ3) is 2.59. The van der Waals surface area contributed by atoms with E-state index in [1.54, 1.807) is 0 Å². The third-order valence-electron chi connectivity index (χ3n) is 2.33. The number of halogens is 1. The Morgan fingerprint density at radius 1 is 0.917 bits per heavy atom. The Kier molecular flexibility index (Phi) is 4.29. The number of rotatable bonds is 2. The predicted molar refractivity (Wildman–Crippen MR) is 48.8 cm³/mol. The molecule has 0 aliphatic carbocycles. The Bertz CT molecular complexity index is 124. The molecule has 2 rings (SSSR count). The van der Waals surface area contributed by atoms with Gasteiger partial charge in [-0.15, -0.1) is 12.4 Å². The summed E-state index contributed by atoms with van der Waals surface area (Å²) in [5.41, 5.74) is 0. The zero-order valence-electron chi connectivity index (χ0n) is 7.12. The monoisotopic (exact) mass is 193 g/mol. The molecule has 0 aromatic rings. The van der Waals surface area contributed by atoms with E-state index < -0.39 is 0 Å². The number of hydrogen-bond donors (Lipinski definition) is 1. The second kappa shape index (κ2) is 5.02. The highest BCUT2D eigenvalue weighted by atomic mass is 35.5. The first-order valence-electron chi connectivity index (χ1n) is 4.37. The van der Waals surface area contributed by atoms with Crippen LogP contribution in [0, 0.1) is 0 Å². The normalized spacial score (nSPS) is 26.0. The Balaban J connectivity index is 0.000000720. The molecule has 0 radical (unpaired) electrons. The summed E-state index contributed by atoms with van der Waals surface area (Å²) >= 11 is 0. The van der Waals surface area contributed by atoms with Gasteiger partial charge in [-0.1, -0.05) is 0 Å². The molecule has 0 amide bonds. The minimum absolute atomic E-state index is 0. The van der Waals surface area contributed by atoms with Gasteiger partial charge in [-0.3, -0.25) is 0 Å². The molecule has 3 nitrogen and oxygen atoms in total. The lowest BCUT2D eigenvalue weighted by atomic mass is 10.1. The van der Waals surface area contributed by atoms with Crippen LogP contribution in [0.4, 0.5) is 0 Å². The zero-order valence-corrected chi connectivity index (χ0v) is 7.94. The van der Waals surface area contributed by atoms with Crippen molar-refractivity contribution in [2.45, 2.75) is 24.9 Å². The molecule has 0 saturated carbocycles. The molecule has 12 heavy (non-hydrogen) atoms. The molecule has 0 unspecified atom stereocenters. The van der Waals surface area contributed by atoms with E-state index in [9.17, 15) is 0 Å². The van der Waals surface area contributed by atoms with E-state index in [-0.39, 0.29) is 12.4 Å². The van der Waals surface area contributed by atoms with E-state index in [0.29, 0.717) is 12.1 Å². The fourth-order valence-corrected chi connectivity index (χ4v) is 1.53. The zero-order chi connectivity index (χ0) is 7.52. The average Bonchev–Trinajstić information content (AvgIpc) is 1.99. The van der Waals surface area contributed by atoms with Gasteiger partial charge < -0.3 is 14.8 Å². The van der Waals surface area contributed by atoms with Gasteiger partial charge in [0.25, 0.3) is 0 Å². The Hall–Kier alpha value is 0.170. The lowest BCUT2D eigenvalue weighted by molar-refractivity contribution is -0.0192. The third-order valence-corrected chi connectivity index (χ3v) is 2.33. The smallest absolute Gasteiger partial charge is 0.0643 e. The van der Waals surface area contributed by atoms with E-state index in [0.717, 1.165) is 39.3 Å². The van der Waals surface area contributed by atoms with Crippen molar-refractivity contribution in [3.05, 3.63) is 0 Å². The van der Waals surface area contributed by atoms with Gasteiger partial charge in [-0.25, -0.2) is 0 Å². The van der Waals surface area contributed by atoms with E-state index in [4.69, 9.17) is 9.47 Å². The summed E-state index contributed by atoms with van der Waals surface area (Å²) in [6, 6.07) is 1.30. The summed E-state index contributed by atoms with van der Waals surface area (Å²) in [6.07, 6.45) is 2.33. The summed E-state index contributed by atoms with van der Waals surface area (Å²) in [7, 11) is 0. The summed E-state index contributed by atoms with van der Waals surface area (Å²) in [4.78, 5) is 0. The maximum Gasteiger partial charge on any atom is 0.0643 e. The highest BCUT2D eigenvalue weighted by molar-refractivity contribution is 5.85. The number of nitrogens with one attached hydrogen (secondary N) is 1. The number of hydrogen-bond acceptors (Lipinski definition) is 3. The summed E-state index contributed by atoms with van der Waals surface area (Å²) in [5, 5.41) is 3.55. The van der Waals surface area contributed by atoms with Crippen LogP contribution in [0.5, 0.6) is 0 Å². The molecule has 0 spiro atoms. The summed E-state index contributed by atoms with van der Waals surface area (Å²) < 4.78 is 10.3. The molecule has 2 aliphatic heterocycles. The Morgan fingerprint density at radius 2 is 1.58 bits per heavy atom. The lowest BCUT2D eigenvalue weighted by Crippen LogP contribution is -2.51. The van der Waals surface area contributed by atoms with Crippen LogP contribution in [-0.4, -0.2) is 38.5 Å². The average molecular weight is 194 g/mol. The van der Waals surface area contributed by atoms with Crippen LogP contribution in [0.1, 0.15) is 12.8 Å². The van der Waals surface area contributed by atoms with E-state index in [1.165, 1.54) is 0 Å². The largest absolute Gasteiger partial charge is 0.381 e. The molecular weight excluding hydrogens is 178 g/mol. The van der Waals surface area contributed by atoms with Gasteiger partial charge in [0.05, 0.1) is 19.3 Å². The van der Waals surface area contributed by atoms with Crippen LogP contribution in [0.2, 0.25) is 0 Å². The van der Waals surface area contributed by atoms with Gasteiger partial charge in [0, 0.05) is 19.3 Å². The lowest BCUT2D eigenvalue weighted by Gasteiger charge is -2.33. The van der Waals surface area contributed by atoms with Crippen LogP contribution in [-0.2, 0) is 9.47 Å². The molecule has 0 aromatic carbocycles. The first-order chi connectivity index (χ1) is 5.45. The molecule has 2 saturated heterocycles. The topological polar surface area (TPSA) is 30.5 Å². The van der Waals surface area contributed by atoms with E-state index in [1.807, 2.05) is 0 Å². The highest BCUT2D eigenvalue weighted by Gasteiger charge is 2.22. The van der Waals surface area contributed by atoms with Crippen molar-refractivity contribution in [2.24, 2.45) is 0 Å². The molecule has 2 heterocycles. The molecule has 0 bridgehead atoms. The summed E-state index contributed by atoms with van der Waals surface area (Å²) in [5.74, 6) is 0. The second-order valence-corrected chi connectivity index (χ2v) is 3.29. The minimum atomic E-state index is 0. The van der Waals surface area contributed by atoms with Gasteiger partial charge in [0.2, 0.25) is 0 Å². The van der Waals surface area contributed by atoms with Crippen LogP contribution in [0.15, 0.2) is 0 Å². The van der Waals surface area contributed by atoms with Crippen molar-refractivity contribution in [1.29, 1.82) is 0 Å². The molecular formula is C8H16ClNO2. The SMILES string of the molecule is C1CC(NC2COC2)CCO1.Cl. The molecule has 2 aliphatic rings. The molecule has 0 atom stereocenters. The van der Waals surface area contributed by atoms with Gasteiger partial charge in [-0.2, -0.15) is 0 Å². The first kappa shape index (κ1) is 10.3. The van der Waals surface area contributed by atoms with Crippen LogP contribution in [0.25, 0.3) is 0 Å².